The van der Waals surface area contributed by atoms with E-state index in [-0.39, 0.29) is 34.8 Å². The lowest BCUT2D eigenvalue weighted by atomic mass is 10.1. The maximum atomic E-state index is 12.4. The van der Waals surface area contributed by atoms with Crippen LogP contribution in [0.1, 0.15) is 38.0 Å². The largest absolute Gasteiger partial charge is 0.462 e. The minimum Gasteiger partial charge on any atom is -0.462 e. The molecule has 0 unspecified atom stereocenters. The molecular formula is C16H13N3O5. The van der Waals surface area contributed by atoms with E-state index in [1.165, 1.54) is 12.1 Å². The van der Waals surface area contributed by atoms with Gasteiger partial charge in [-0.05, 0) is 19.1 Å². The van der Waals surface area contributed by atoms with Gasteiger partial charge in [-0.15, -0.1) is 0 Å². The summed E-state index contributed by atoms with van der Waals surface area (Å²) in [6, 6.07) is 7.24. The number of hydrogen-bond donors (Lipinski definition) is 2. The Morgan fingerprint density at radius 2 is 1.92 bits per heavy atom. The molecule has 3 N–H and O–H groups in total. The van der Waals surface area contributed by atoms with Crippen LogP contribution in [0, 0.1) is 0 Å². The van der Waals surface area contributed by atoms with Crippen molar-refractivity contribution in [3.8, 4) is 5.69 Å². The molecule has 0 bridgehead atoms. The molecule has 0 fully saturated rings. The molecule has 122 valence electrons. The van der Waals surface area contributed by atoms with Crippen LogP contribution in [0.3, 0.4) is 0 Å². The Morgan fingerprint density at radius 1 is 1.21 bits per heavy atom. The van der Waals surface area contributed by atoms with Crippen molar-refractivity contribution in [2.75, 3.05) is 12.3 Å². The van der Waals surface area contributed by atoms with Crippen molar-refractivity contribution >= 4 is 23.6 Å². The molecule has 1 aromatic carbocycles. The number of nitrogens with one attached hydrogen (secondary N) is 1. The van der Waals surface area contributed by atoms with Gasteiger partial charge in [0.2, 0.25) is 0 Å². The minimum absolute atomic E-state index is 0.0765. The first-order valence-corrected chi connectivity index (χ1v) is 7.13. The number of carbonyl (C=O) groups is 3. The van der Waals surface area contributed by atoms with E-state index in [1.807, 2.05) is 0 Å². The topological polar surface area (TPSA) is 120 Å². The van der Waals surface area contributed by atoms with E-state index >= 15 is 0 Å². The highest BCUT2D eigenvalue weighted by Crippen LogP contribution is 2.24. The van der Waals surface area contributed by atoms with Gasteiger partial charge in [-0.3, -0.25) is 24.3 Å². The molecule has 0 radical (unpaired) electrons. The van der Waals surface area contributed by atoms with Gasteiger partial charge in [0.05, 0.1) is 29.0 Å². The van der Waals surface area contributed by atoms with Crippen LogP contribution in [-0.4, -0.2) is 29.0 Å². The number of esters is 1. The summed E-state index contributed by atoms with van der Waals surface area (Å²) in [6.45, 7) is 1.82. The molecule has 2 heterocycles. The predicted molar refractivity (Wildman–Crippen MR) is 84.2 cm³/mol. The fourth-order valence-corrected chi connectivity index (χ4v) is 2.58. The number of imide groups is 1. The molecule has 1 aromatic heterocycles. The number of nitrogen functional groups attached to an aromatic ring is 1. The number of amides is 2. The number of ether oxygens (including phenoxy) is 1. The van der Waals surface area contributed by atoms with Gasteiger partial charge >= 0.3 is 5.97 Å². The molecule has 0 saturated carbocycles. The minimum atomic E-state index is -0.685. The number of anilines is 1. The number of para-hydroxylation sites is 1. The Bertz CT molecular complexity index is 945. The number of fused-ring (bicyclic) bond motifs is 1. The van der Waals surface area contributed by atoms with Crippen LogP contribution in [0.15, 0.2) is 35.1 Å². The molecule has 3 rings (SSSR count). The lowest BCUT2D eigenvalue weighted by Crippen LogP contribution is -2.25. The van der Waals surface area contributed by atoms with Gasteiger partial charge in [0.15, 0.2) is 0 Å². The molecule has 0 spiro atoms. The number of nitrogens with two attached hydrogens (primary N) is 1. The van der Waals surface area contributed by atoms with Crippen molar-refractivity contribution in [3.63, 3.8) is 0 Å². The molecular weight excluding hydrogens is 314 g/mol. The number of hydrogen-bond acceptors (Lipinski definition) is 6. The van der Waals surface area contributed by atoms with Gasteiger partial charge in [-0.25, -0.2) is 4.79 Å². The van der Waals surface area contributed by atoms with Gasteiger partial charge in [0, 0.05) is 6.07 Å². The highest BCUT2D eigenvalue weighted by atomic mass is 16.5. The smallest absolute Gasteiger partial charge is 0.340 e. The second-order valence-electron chi connectivity index (χ2n) is 5.01. The van der Waals surface area contributed by atoms with Crippen molar-refractivity contribution < 1.29 is 19.1 Å². The standard InChI is InChI=1S/C16H13N3O5/c1-2-24-16(23)8-5-3-4-6-10(8)19-11(20)7-9-12(13(19)17)15(22)18-14(9)21/h3-7H,2,17H2,1H3,(H,18,21,22). The second-order valence-corrected chi connectivity index (χ2v) is 5.01. The molecule has 8 nitrogen and oxygen atoms in total. The summed E-state index contributed by atoms with van der Waals surface area (Å²) in [5, 5.41) is 2.08. The third kappa shape index (κ3) is 2.24. The van der Waals surface area contributed by atoms with Crippen LogP contribution in [0.4, 0.5) is 5.82 Å². The highest BCUT2D eigenvalue weighted by molar-refractivity contribution is 6.23. The van der Waals surface area contributed by atoms with Gasteiger partial charge < -0.3 is 10.5 Å². The number of nitrogens with zero attached hydrogens (tertiary/aromatic N) is 1. The van der Waals surface area contributed by atoms with E-state index in [4.69, 9.17) is 10.5 Å². The predicted octanol–water partition coefficient (Wildman–Crippen LogP) is 0.480. The molecule has 2 aromatic rings. The third-order valence-corrected chi connectivity index (χ3v) is 3.59. The second kappa shape index (κ2) is 5.65. The summed E-state index contributed by atoms with van der Waals surface area (Å²) >= 11 is 0. The zero-order valence-corrected chi connectivity index (χ0v) is 12.7. The fourth-order valence-electron chi connectivity index (χ4n) is 2.58. The number of carbonyl (C=O) groups excluding carboxylic acids is 3. The van der Waals surface area contributed by atoms with Crippen LogP contribution >= 0.6 is 0 Å². The molecule has 1 aliphatic heterocycles. The molecule has 2 amide bonds. The SMILES string of the molecule is CCOC(=O)c1ccccc1-n1c(N)c2c(cc1=O)C(=O)NC2=O. The molecule has 24 heavy (non-hydrogen) atoms. The molecule has 8 heteroatoms. The Labute approximate surface area is 135 Å². The van der Waals surface area contributed by atoms with Crippen molar-refractivity contribution in [1.82, 2.24) is 9.88 Å². The summed E-state index contributed by atoms with van der Waals surface area (Å²) in [7, 11) is 0. The van der Waals surface area contributed by atoms with Crippen molar-refractivity contribution in [2.45, 2.75) is 6.92 Å². The molecule has 0 saturated heterocycles. The number of aromatic nitrogens is 1. The van der Waals surface area contributed by atoms with Gasteiger partial charge in [-0.2, -0.15) is 0 Å². The first kappa shape index (κ1) is 15.5. The summed E-state index contributed by atoms with van der Waals surface area (Å²) < 4.78 is 5.99. The monoisotopic (exact) mass is 327 g/mol. The van der Waals surface area contributed by atoms with E-state index < -0.39 is 23.3 Å². The lowest BCUT2D eigenvalue weighted by Gasteiger charge is -2.14. The zero-order valence-electron chi connectivity index (χ0n) is 12.7. The normalized spacial score (nSPS) is 12.7. The average molecular weight is 327 g/mol. The average Bonchev–Trinajstić information content (AvgIpc) is 2.82. The number of rotatable bonds is 3. The Hall–Kier alpha value is -3.42. The molecule has 0 atom stereocenters. The molecule has 1 aliphatic rings. The fraction of sp³-hybridized carbons (Fsp3) is 0.125. The van der Waals surface area contributed by atoms with Crippen LogP contribution in [0.2, 0.25) is 0 Å². The first-order valence-electron chi connectivity index (χ1n) is 7.13. The Kier molecular flexibility index (Phi) is 3.64. The van der Waals surface area contributed by atoms with Crippen molar-refractivity contribution in [1.29, 1.82) is 0 Å². The van der Waals surface area contributed by atoms with E-state index in [0.29, 0.717) is 0 Å². The van der Waals surface area contributed by atoms with Crippen LogP contribution in [-0.2, 0) is 4.74 Å². The van der Waals surface area contributed by atoms with Gasteiger partial charge in [-0.1, -0.05) is 12.1 Å². The van der Waals surface area contributed by atoms with E-state index in [0.717, 1.165) is 10.6 Å². The maximum Gasteiger partial charge on any atom is 0.340 e. The van der Waals surface area contributed by atoms with Crippen LogP contribution < -0.4 is 16.6 Å². The summed E-state index contributed by atoms with van der Waals surface area (Å²) in [4.78, 5) is 48.1. The maximum absolute atomic E-state index is 12.4. The van der Waals surface area contributed by atoms with Gasteiger partial charge in [0.25, 0.3) is 17.4 Å². The quantitative estimate of drug-likeness (QED) is 0.625. The Balaban J connectivity index is 2.28. The zero-order chi connectivity index (χ0) is 17.4. The van der Waals surface area contributed by atoms with Crippen molar-refractivity contribution in [2.24, 2.45) is 0 Å². The van der Waals surface area contributed by atoms with E-state index in [1.54, 1.807) is 19.1 Å². The third-order valence-electron chi connectivity index (χ3n) is 3.59. The van der Waals surface area contributed by atoms with Crippen LogP contribution in [0.25, 0.3) is 5.69 Å². The summed E-state index contributed by atoms with van der Waals surface area (Å²) in [5.41, 5.74) is 5.47. The number of benzene rings is 1. The summed E-state index contributed by atoms with van der Waals surface area (Å²) in [6.07, 6.45) is 0. The molecule has 0 aliphatic carbocycles. The van der Waals surface area contributed by atoms with E-state index in [9.17, 15) is 19.2 Å². The first-order chi connectivity index (χ1) is 11.5. The summed E-state index contributed by atoms with van der Waals surface area (Å²) in [5.74, 6) is -2.20. The van der Waals surface area contributed by atoms with E-state index in [2.05, 4.69) is 5.32 Å². The number of pyridine rings is 1. The van der Waals surface area contributed by atoms with Gasteiger partial charge in [0.1, 0.15) is 5.82 Å². The lowest BCUT2D eigenvalue weighted by molar-refractivity contribution is 0.0526. The van der Waals surface area contributed by atoms with Crippen LogP contribution in [0.5, 0.6) is 0 Å². The van der Waals surface area contributed by atoms with Crippen molar-refractivity contribution in [3.05, 3.63) is 57.4 Å². The highest BCUT2D eigenvalue weighted by Gasteiger charge is 2.32. The Morgan fingerprint density at radius 3 is 2.62 bits per heavy atom.